The fraction of sp³-hybridized carbons (Fsp3) is 0.364. The Bertz CT molecular complexity index is 456. The van der Waals surface area contributed by atoms with Crippen molar-refractivity contribution in [1.29, 1.82) is 0 Å². The summed E-state index contributed by atoms with van der Waals surface area (Å²) in [6.45, 7) is 2.51. The summed E-state index contributed by atoms with van der Waals surface area (Å²) in [4.78, 5) is 12.7. The van der Waals surface area contributed by atoms with E-state index in [4.69, 9.17) is 5.73 Å². The van der Waals surface area contributed by atoms with E-state index in [1.165, 1.54) is 20.7 Å². The Hall–Kier alpha value is -0.910. The van der Waals surface area contributed by atoms with Crippen molar-refractivity contribution in [2.24, 2.45) is 5.73 Å². The van der Waals surface area contributed by atoms with Crippen LogP contribution in [0.2, 0.25) is 0 Å². The van der Waals surface area contributed by atoms with Crippen molar-refractivity contribution >= 4 is 38.0 Å². The molecule has 2 heterocycles. The SMILES string of the molecule is CCC(CN)NC(=O)c1cc2sccc2s1. The topological polar surface area (TPSA) is 55.1 Å². The van der Waals surface area contributed by atoms with Crippen molar-refractivity contribution in [2.75, 3.05) is 6.54 Å². The van der Waals surface area contributed by atoms with Crippen molar-refractivity contribution in [2.45, 2.75) is 19.4 Å². The summed E-state index contributed by atoms with van der Waals surface area (Å²) >= 11 is 3.19. The Morgan fingerprint density at radius 3 is 3.00 bits per heavy atom. The second-order valence-electron chi connectivity index (χ2n) is 3.57. The molecular weight excluding hydrogens is 240 g/mol. The highest BCUT2D eigenvalue weighted by molar-refractivity contribution is 7.27. The molecule has 1 unspecified atom stereocenters. The maximum Gasteiger partial charge on any atom is 0.261 e. The fourth-order valence-corrected chi connectivity index (χ4v) is 3.47. The molecule has 86 valence electrons. The van der Waals surface area contributed by atoms with Gasteiger partial charge in [0, 0.05) is 22.0 Å². The van der Waals surface area contributed by atoms with Crippen LogP contribution in [0.15, 0.2) is 17.5 Å². The van der Waals surface area contributed by atoms with Gasteiger partial charge in [-0.2, -0.15) is 0 Å². The van der Waals surface area contributed by atoms with Gasteiger partial charge in [0.25, 0.3) is 5.91 Å². The van der Waals surface area contributed by atoms with Crippen LogP contribution in [0.25, 0.3) is 9.40 Å². The lowest BCUT2D eigenvalue weighted by atomic mass is 10.2. The minimum Gasteiger partial charge on any atom is -0.347 e. The number of hydrogen-bond donors (Lipinski definition) is 2. The highest BCUT2D eigenvalue weighted by Gasteiger charge is 2.13. The number of fused-ring (bicyclic) bond motifs is 1. The first-order valence-corrected chi connectivity index (χ1v) is 6.92. The Labute approximate surface area is 102 Å². The largest absolute Gasteiger partial charge is 0.347 e. The van der Waals surface area contributed by atoms with E-state index in [-0.39, 0.29) is 11.9 Å². The van der Waals surface area contributed by atoms with E-state index < -0.39 is 0 Å². The molecular formula is C11H14N2OS2. The van der Waals surface area contributed by atoms with Gasteiger partial charge in [-0.1, -0.05) is 6.92 Å². The molecule has 2 rings (SSSR count). The average Bonchev–Trinajstić information content (AvgIpc) is 2.85. The molecule has 0 aromatic carbocycles. The minimum atomic E-state index is -0.00861. The van der Waals surface area contributed by atoms with Crippen LogP contribution in [0.3, 0.4) is 0 Å². The molecule has 0 saturated carbocycles. The van der Waals surface area contributed by atoms with E-state index in [1.54, 1.807) is 11.3 Å². The van der Waals surface area contributed by atoms with Crippen LogP contribution < -0.4 is 11.1 Å². The van der Waals surface area contributed by atoms with Gasteiger partial charge in [0.1, 0.15) is 0 Å². The van der Waals surface area contributed by atoms with E-state index in [9.17, 15) is 4.79 Å². The number of rotatable bonds is 4. The van der Waals surface area contributed by atoms with E-state index >= 15 is 0 Å². The fourth-order valence-electron chi connectivity index (χ4n) is 1.46. The maximum absolute atomic E-state index is 11.9. The number of nitrogens with two attached hydrogens (primary N) is 1. The van der Waals surface area contributed by atoms with Crippen molar-refractivity contribution < 1.29 is 4.79 Å². The molecule has 1 atom stereocenters. The smallest absolute Gasteiger partial charge is 0.261 e. The third kappa shape index (κ3) is 2.26. The zero-order valence-corrected chi connectivity index (χ0v) is 10.7. The van der Waals surface area contributed by atoms with Crippen LogP contribution in [0, 0.1) is 0 Å². The molecule has 0 aliphatic heterocycles. The first-order chi connectivity index (χ1) is 7.74. The zero-order chi connectivity index (χ0) is 11.5. The highest BCUT2D eigenvalue weighted by Crippen LogP contribution is 2.29. The van der Waals surface area contributed by atoms with Gasteiger partial charge in [0.2, 0.25) is 0 Å². The number of amides is 1. The predicted octanol–water partition coefficient (Wildman–Crippen LogP) is 2.43. The van der Waals surface area contributed by atoms with Crippen molar-refractivity contribution in [3.63, 3.8) is 0 Å². The second-order valence-corrected chi connectivity index (χ2v) is 5.61. The summed E-state index contributed by atoms with van der Waals surface area (Å²) in [5.41, 5.74) is 5.56. The Balaban J connectivity index is 2.12. The summed E-state index contributed by atoms with van der Waals surface area (Å²) < 4.78 is 2.35. The Kier molecular flexibility index (Phi) is 3.58. The molecule has 2 aromatic heterocycles. The third-order valence-corrected chi connectivity index (χ3v) is 4.57. The maximum atomic E-state index is 11.9. The van der Waals surface area contributed by atoms with Crippen molar-refractivity contribution in [1.82, 2.24) is 5.32 Å². The number of carbonyl (C=O) groups is 1. The number of nitrogens with one attached hydrogen (secondary N) is 1. The van der Waals surface area contributed by atoms with Gasteiger partial charge >= 0.3 is 0 Å². The molecule has 3 N–H and O–H groups in total. The average molecular weight is 254 g/mol. The molecule has 0 aliphatic carbocycles. The minimum absolute atomic E-state index is 0.00861. The van der Waals surface area contributed by atoms with Crippen molar-refractivity contribution in [3.05, 3.63) is 22.4 Å². The van der Waals surface area contributed by atoms with Crippen LogP contribution in [-0.4, -0.2) is 18.5 Å². The molecule has 0 bridgehead atoms. The quantitative estimate of drug-likeness (QED) is 0.880. The molecule has 0 fully saturated rings. The third-order valence-electron chi connectivity index (χ3n) is 2.48. The van der Waals surface area contributed by atoms with Gasteiger partial charge in [0.15, 0.2) is 0 Å². The van der Waals surface area contributed by atoms with E-state index in [1.807, 2.05) is 24.4 Å². The van der Waals surface area contributed by atoms with E-state index in [0.717, 1.165) is 11.3 Å². The lowest BCUT2D eigenvalue weighted by Crippen LogP contribution is -2.39. The summed E-state index contributed by atoms with van der Waals surface area (Å²) in [6.07, 6.45) is 0.863. The van der Waals surface area contributed by atoms with Crippen molar-refractivity contribution in [3.8, 4) is 0 Å². The number of thiophene rings is 2. The molecule has 2 aromatic rings. The van der Waals surface area contributed by atoms with Gasteiger partial charge < -0.3 is 11.1 Å². The molecule has 3 nitrogen and oxygen atoms in total. The lowest BCUT2D eigenvalue weighted by molar-refractivity contribution is 0.0941. The van der Waals surface area contributed by atoms with E-state index in [2.05, 4.69) is 5.32 Å². The molecule has 1 amide bonds. The normalized spacial score (nSPS) is 12.9. The van der Waals surface area contributed by atoms with Gasteiger partial charge in [-0.05, 0) is 23.9 Å². The monoisotopic (exact) mass is 254 g/mol. The Morgan fingerprint density at radius 2 is 2.38 bits per heavy atom. The van der Waals surface area contributed by atoms with E-state index in [0.29, 0.717) is 6.54 Å². The van der Waals surface area contributed by atoms with Crippen LogP contribution in [0.5, 0.6) is 0 Å². The molecule has 0 aliphatic rings. The first-order valence-electron chi connectivity index (χ1n) is 5.22. The summed E-state index contributed by atoms with van der Waals surface area (Å²) in [7, 11) is 0. The first kappa shape index (κ1) is 11.6. The zero-order valence-electron chi connectivity index (χ0n) is 9.03. The molecule has 0 radical (unpaired) electrons. The van der Waals surface area contributed by atoms with Crippen LogP contribution in [-0.2, 0) is 0 Å². The standard InChI is InChI=1S/C11H14N2OS2/c1-2-7(6-12)13-11(14)10-5-9-8(16-10)3-4-15-9/h3-5,7H,2,6,12H2,1H3,(H,13,14). The van der Waals surface area contributed by atoms with Crippen LogP contribution in [0.4, 0.5) is 0 Å². The summed E-state index contributed by atoms with van der Waals surface area (Å²) in [5.74, 6) is -0.00861. The van der Waals surface area contributed by atoms with Gasteiger partial charge in [-0.3, -0.25) is 4.79 Å². The summed E-state index contributed by atoms with van der Waals surface area (Å²) in [5, 5.41) is 4.97. The molecule has 16 heavy (non-hydrogen) atoms. The molecule has 0 saturated heterocycles. The van der Waals surface area contributed by atoms with Gasteiger partial charge in [-0.15, -0.1) is 22.7 Å². The molecule has 0 spiro atoms. The molecule has 5 heteroatoms. The van der Waals surface area contributed by atoms with Crippen LogP contribution >= 0.6 is 22.7 Å². The number of carbonyl (C=O) groups excluding carboxylic acids is 1. The lowest BCUT2D eigenvalue weighted by Gasteiger charge is -2.13. The predicted molar refractivity (Wildman–Crippen MR) is 70.3 cm³/mol. The Morgan fingerprint density at radius 1 is 1.56 bits per heavy atom. The highest BCUT2D eigenvalue weighted by atomic mass is 32.1. The van der Waals surface area contributed by atoms with Gasteiger partial charge in [0.05, 0.1) is 4.88 Å². The second kappa shape index (κ2) is 4.95. The number of hydrogen-bond acceptors (Lipinski definition) is 4. The summed E-state index contributed by atoms with van der Waals surface area (Å²) in [6, 6.07) is 4.07. The van der Waals surface area contributed by atoms with Crippen LogP contribution in [0.1, 0.15) is 23.0 Å². The van der Waals surface area contributed by atoms with Gasteiger partial charge in [-0.25, -0.2) is 0 Å².